The van der Waals surface area contributed by atoms with Crippen LogP contribution in [0.2, 0.25) is 0 Å². The van der Waals surface area contributed by atoms with E-state index in [1.54, 1.807) is 11.1 Å². The number of benzene rings is 1. The Morgan fingerprint density at radius 3 is 2.38 bits per heavy atom. The summed E-state index contributed by atoms with van der Waals surface area (Å²) in [6.45, 7) is 4.51. The van der Waals surface area contributed by atoms with Gasteiger partial charge in [-0.15, -0.1) is 0 Å². The summed E-state index contributed by atoms with van der Waals surface area (Å²) in [4.78, 5) is 0. The smallest absolute Gasteiger partial charge is 0.0518 e. The molecule has 0 fully saturated rings. The van der Waals surface area contributed by atoms with Crippen molar-refractivity contribution >= 4 is 0 Å². The number of nitrogens with zero attached hydrogens (tertiary/aromatic N) is 1. The molecule has 0 aliphatic heterocycles. The van der Waals surface area contributed by atoms with Crippen molar-refractivity contribution in [3.05, 3.63) is 47.7 Å². The lowest BCUT2D eigenvalue weighted by molar-refractivity contribution is 0.609. The van der Waals surface area contributed by atoms with E-state index in [0.29, 0.717) is 6.04 Å². The normalized spacial score (nSPS) is 13.7. The summed E-state index contributed by atoms with van der Waals surface area (Å²) in [5.41, 5.74) is 5.92. The second-order valence-electron chi connectivity index (χ2n) is 4.85. The second kappa shape index (κ2) is 3.51. The molecule has 1 aromatic carbocycles. The first-order valence-corrected chi connectivity index (χ1v) is 6.05. The first-order chi connectivity index (χ1) is 7.77. The van der Waals surface area contributed by atoms with Crippen LogP contribution in [0, 0.1) is 0 Å². The number of fused-ring (bicyclic) bond motifs is 1. The molecule has 0 atom stereocenters. The molecule has 0 radical (unpaired) electrons. The monoisotopic (exact) mass is 211 g/mol. The van der Waals surface area contributed by atoms with E-state index in [-0.39, 0.29) is 0 Å². The number of aryl methyl sites for hydroxylation is 1. The van der Waals surface area contributed by atoms with Gasteiger partial charge in [0.2, 0.25) is 0 Å². The minimum Gasteiger partial charge on any atom is -0.344 e. The molecule has 2 aromatic rings. The van der Waals surface area contributed by atoms with Gasteiger partial charge in [-0.05, 0) is 43.4 Å². The summed E-state index contributed by atoms with van der Waals surface area (Å²) < 4.78 is 2.42. The Morgan fingerprint density at radius 1 is 1.06 bits per heavy atom. The van der Waals surface area contributed by atoms with Crippen LogP contribution in [0.15, 0.2) is 36.5 Å². The molecule has 0 saturated heterocycles. The molecule has 3 rings (SSSR count). The lowest BCUT2D eigenvalue weighted by Crippen LogP contribution is -2.06. The quantitative estimate of drug-likeness (QED) is 0.711. The average molecular weight is 211 g/mol. The summed E-state index contributed by atoms with van der Waals surface area (Å²) in [6, 6.07) is 11.3. The fraction of sp³-hybridized carbons (Fsp3) is 0.333. The van der Waals surface area contributed by atoms with Crippen molar-refractivity contribution in [1.29, 1.82) is 0 Å². The lowest BCUT2D eigenvalue weighted by atomic mass is 9.89. The predicted molar refractivity (Wildman–Crippen MR) is 67.7 cm³/mol. The molecule has 82 valence electrons. The Hall–Kier alpha value is -1.50. The third-order valence-electron chi connectivity index (χ3n) is 3.47. The maximum absolute atomic E-state index is 2.42. The lowest BCUT2D eigenvalue weighted by Gasteiger charge is -2.17. The van der Waals surface area contributed by atoms with Gasteiger partial charge in [-0.3, -0.25) is 0 Å². The van der Waals surface area contributed by atoms with Crippen LogP contribution in [0.1, 0.15) is 31.0 Å². The van der Waals surface area contributed by atoms with Gasteiger partial charge in [-0.2, -0.15) is 0 Å². The van der Waals surface area contributed by atoms with Crippen molar-refractivity contribution in [2.75, 3.05) is 0 Å². The Morgan fingerprint density at radius 2 is 1.81 bits per heavy atom. The molecule has 0 N–H and O–H groups in total. The van der Waals surface area contributed by atoms with Crippen LogP contribution in [0.25, 0.3) is 11.3 Å². The van der Waals surface area contributed by atoms with Gasteiger partial charge < -0.3 is 4.57 Å². The van der Waals surface area contributed by atoms with E-state index in [0.717, 1.165) is 0 Å². The van der Waals surface area contributed by atoms with Gasteiger partial charge in [0.1, 0.15) is 0 Å². The molecule has 1 heterocycles. The SMILES string of the molecule is CC(C)n1cc2c(c1-c1ccccc1)CC2. The number of aromatic nitrogens is 1. The van der Waals surface area contributed by atoms with Gasteiger partial charge in [0, 0.05) is 12.2 Å². The van der Waals surface area contributed by atoms with Crippen molar-refractivity contribution < 1.29 is 0 Å². The molecule has 0 spiro atoms. The van der Waals surface area contributed by atoms with E-state index < -0.39 is 0 Å². The fourth-order valence-electron chi connectivity index (χ4n) is 2.52. The molecule has 0 bridgehead atoms. The van der Waals surface area contributed by atoms with Crippen molar-refractivity contribution in [2.24, 2.45) is 0 Å². The van der Waals surface area contributed by atoms with Crippen molar-refractivity contribution in [3.8, 4) is 11.3 Å². The van der Waals surface area contributed by atoms with Crippen molar-refractivity contribution in [1.82, 2.24) is 4.57 Å². The van der Waals surface area contributed by atoms with Crippen LogP contribution in [0.4, 0.5) is 0 Å². The van der Waals surface area contributed by atoms with Crippen LogP contribution in [0.3, 0.4) is 0 Å². The topological polar surface area (TPSA) is 4.93 Å². The van der Waals surface area contributed by atoms with Gasteiger partial charge in [0.25, 0.3) is 0 Å². The molecule has 0 unspecified atom stereocenters. The first-order valence-electron chi connectivity index (χ1n) is 6.05. The summed E-state index contributed by atoms with van der Waals surface area (Å²) in [7, 11) is 0. The maximum Gasteiger partial charge on any atom is 0.0518 e. The highest BCUT2D eigenvalue weighted by Crippen LogP contribution is 2.37. The van der Waals surface area contributed by atoms with Gasteiger partial charge in [0.15, 0.2) is 0 Å². The Bertz CT molecular complexity index is 506. The largest absolute Gasteiger partial charge is 0.344 e. The highest BCUT2D eigenvalue weighted by atomic mass is 15.0. The maximum atomic E-state index is 2.42. The molecular formula is C15H17N. The van der Waals surface area contributed by atoms with Crippen molar-refractivity contribution in [2.45, 2.75) is 32.7 Å². The van der Waals surface area contributed by atoms with E-state index in [1.807, 2.05) is 0 Å². The fourth-order valence-corrected chi connectivity index (χ4v) is 2.52. The van der Waals surface area contributed by atoms with Gasteiger partial charge >= 0.3 is 0 Å². The molecule has 1 aliphatic rings. The van der Waals surface area contributed by atoms with Crippen molar-refractivity contribution in [3.63, 3.8) is 0 Å². The van der Waals surface area contributed by atoms with Crippen LogP contribution >= 0.6 is 0 Å². The minimum atomic E-state index is 0.542. The highest BCUT2D eigenvalue weighted by Gasteiger charge is 2.23. The van der Waals surface area contributed by atoms with Crippen LogP contribution in [-0.4, -0.2) is 4.57 Å². The van der Waals surface area contributed by atoms with E-state index >= 15 is 0 Å². The number of hydrogen-bond donors (Lipinski definition) is 0. The Kier molecular flexibility index (Phi) is 2.13. The third kappa shape index (κ3) is 1.31. The standard InChI is InChI=1S/C15H17N/c1-11(2)16-10-13-8-9-14(13)15(16)12-6-4-3-5-7-12/h3-7,10-11H,8-9H2,1-2H3. The van der Waals surface area contributed by atoms with Crippen LogP contribution < -0.4 is 0 Å². The summed E-state index contributed by atoms with van der Waals surface area (Å²) in [5, 5.41) is 0. The Labute approximate surface area is 96.7 Å². The van der Waals surface area contributed by atoms with Crippen LogP contribution in [0.5, 0.6) is 0 Å². The zero-order valence-corrected chi connectivity index (χ0v) is 9.90. The molecule has 1 aliphatic carbocycles. The first kappa shape index (κ1) is 9.71. The molecule has 0 amide bonds. The van der Waals surface area contributed by atoms with Gasteiger partial charge in [0.05, 0.1) is 5.69 Å². The van der Waals surface area contributed by atoms with E-state index in [2.05, 4.69) is 54.9 Å². The molecule has 1 nitrogen and oxygen atoms in total. The van der Waals surface area contributed by atoms with E-state index in [9.17, 15) is 0 Å². The van der Waals surface area contributed by atoms with Gasteiger partial charge in [-0.25, -0.2) is 0 Å². The number of rotatable bonds is 2. The van der Waals surface area contributed by atoms with E-state index in [1.165, 1.54) is 24.1 Å². The summed E-state index contributed by atoms with van der Waals surface area (Å²) in [6.07, 6.45) is 4.85. The zero-order valence-electron chi connectivity index (χ0n) is 9.90. The average Bonchev–Trinajstić information content (AvgIpc) is 2.52. The molecule has 1 aromatic heterocycles. The summed E-state index contributed by atoms with van der Waals surface area (Å²) in [5.74, 6) is 0. The highest BCUT2D eigenvalue weighted by molar-refractivity contribution is 5.68. The third-order valence-corrected chi connectivity index (χ3v) is 3.47. The zero-order chi connectivity index (χ0) is 11.1. The van der Waals surface area contributed by atoms with Crippen LogP contribution in [-0.2, 0) is 12.8 Å². The summed E-state index contributed by atoms with van der Waals surface area (Å²) >= 11 is 0. The second-order valence-corrected chi connectivity index (χ2v) is 4.85. The molecular weight excluding hydrogens is 194 g/mol. The molecule has 0 saturated carbocycles. The molecule has 1 heteroatoms. The number of hydrogen-bond acceptors (Lipinski definition) is 0. The Balaban J connectivity index is 2.20. The van der Waals surface area contributed by atoms with Gasteiger partial charge in [-0.1, -0.05) is 30.3 Å². The minimum absolute atomic E-state index is 0.542. The predicted octanol–water partition coefficient (Wildman–Crippen LogP) is 3.83. The van der Waals surface area contributed by atoms with E-state index in [4.69, 9.17) is 0 Å². The molecule has 16 heavy (non-hydrogen) atoms.